The van der Waals surface area contributed by atoms with Gasteiger partial charge in [-0.1, -0.05) is 48.5 Å². The molecule has 3 aromatic rings. The molecule has 5 rings (SSSR count). The molecule has 1 amide bonds. The molecule has 2 aliphatic heterocycles. The molecule has 3 nitrogen and oxygen atoms in total. The van der Waals surface area contributed by atoms with Crippen LogP contribution in [0, 0.1) is 6.92 Å². The molecular formula is C26H23NO2S. The first kappa shape index (κ1) is 19.0. The molecular weight excluding hydrogens is 390 g/mol. The van der Waals surface area contributed by atoms with Crippen LogP contribution in [0.1, 0.15) is 38.5 Å². The number of para-hydroxylation sites is 1. The summed E-state index contributed by atoms with van der Waals surface area (Å²) in [6.07, 6.45) is 2.26. The van der Waals surface area contributed by atoms with E-state index in [4.69, 9.17) is 4.74 Å². The van der Waals surface area contributed by atoms with Crippen LogP contribution in [0.5, 0.6) is 11.5 Å². The van der Waals surface area contributed by atoms with Crippen LogP contribution in [-0.2, 0) is 13.1 Å². The van der Waals surface area contributed by atoms with E-state index in [-0.39, 0.29) is 5.91 Å². The van der Waals surface area contributed by atoms with Gasteiger partial charge in [-0.2, -0.15) is 0 Å². The van der Waals surface area contributed by atoms with Gasteiger partial charge in [-0.05, 0) is 58.9 Å². The molecule has 4 heteroatoms. The zero-order valence-corrected chi connectivity index (χ0v) is 17.7. The molecule has 2 aliphatic rings. The molecule has 0 aliphatic carbocycles. The number of rotatable bonds is 5. The molecule has 30 heavy (non-hydrogen) atoms. The van der Waals surface area contributed by atoms with Crippen LogP contribution >= 0.6 is 11.8 Å². The third kappa shape index (κ3) is 3.75. The maximum absolute atomic E-state index is 13.0. The molecule has 150 valence electrons. The summed E-state index contributed by atoms with van der Waals surface area (Å²) in [4.78, 5) is 15.0. The van der Waals surface area contributed by atoms with Crippen LogP contribution < -0.4 is 4.74 Å². The van der Waals surface area contributed by atoms with Crippen LogP contribution in [0.3, 0.4) is 0 Å². The molecule has 2 heterocycles. The van der Waals surface area contributed by atoms with Gasteiger partial charge in [-0.3, -0.25) is 4.79 Å². The maximum Gasteiger partial charge on any atom is 0.255 e. The van der Waals surface area contributed by atoms with E-state index >= 15 is 0 Å². The second-order valence-corrected chi connectivity index (χ2v) is 8.80. The minimum Gasteiger partial charge on any atom is -0.457 e. The van der Waals surface area contributed by atoms with Gasteiger partial charge in [0.1, 0.15) is 11.5 Å². The summed E-state index contributed by atoms with van der Waals surface area (Å²) in [5.41, 5.74) is 5.56. The van der Waals surface area contributed by atoms with E-state index in [0.29, 0.717) is 19.0 Å². The average Bonchev–Trinajstić information content (AvgIpc) is 3.39. The van der Waals surface area contributed by atoms with Crippen LogP contribution in [0.15, 0.2) is 78.2 Å². The van der Waals surface area contributed by atoms with Gasteiger partial charge < -0.3 is 9.64 Å². The number of carbonyl (C=O) groups is 1. The highest BCUT2D eigenvalue weighted by Gasteiger charge is 2.30. The highest BCUT2D eigenvalue weighted by Crippen LogP contribution is 2.35. The zero-order chi connectivity index (χ0) is 20.5. The number of thioether (sulfide) groups is 1. The van der Waals surface area contributed by atoms with E-state index in [1.165, 1.54) is 5.56 Å². The number of allylic oxidation sites excluding steroid dienone is 1. The van der Waals surface area contributed by atoms with Crippen LogP contribution in [-0.4, -0.2) is 16.6 Å². The number of carbonyl (C=O) groups excluding carboxylic acids is 1. The van der Waals surface area contributed by atoms with Crippen LogP contribution in [0.2, 0.25) is 0 Å². The summed E-state index contributed by atoms with van der Waals surface area (Å²) in [6, 6.07) is 22.2. The van der Waals surface area contributed by atoms with Gasteiger partial charge in [0.15, 0.2) is 0 Å². The van der Waals surface area contributed by atoms with Gasteiger partial charge in [-0.25, -0.2) is 0 Å². The van der Waals surface area contributed by atoms with E-state index in [9.17, 15) is 4.79 Å². The number of hydrogen-bond acceptors (Lipinski definition) is 3. The maximum atomic E-state index is 13.0. The number of nitrogens with zero attached hydrogens (tertiary/aromatic N) is 1. The standard InChI is InChI=1S/C26H23NO2S/c1-18-13-21(20-11-12-30-17-20)14-22-16-27(26(28)25(18)22)15-19-7-9-24(10-8-19)29-23-5-3-2-4-6-23/h2-14,20H,15-17H2,1H3. The monoisotopic (exact) mass is 413 g/mol. The molecule has 0 N–H and O–H groups in total. The predicted molar refractivity (Wildman–Crippen MR) is 122 cm³/mol. The molecule has 1 unspecified atom stereocenters. The Hall–Kier alpha value is -2.98. The summed E-state index contributed by atoms with van der Waals surface area (Å²) in [7, 11) is 0. The van der Waals surface area contributed by atoms with Gasteiger partial charge >= 0.3 is 0 Å². The van der Waals surface area contributed by atoms with Crippen molar-refractivity contribution < 1.29 is 9.53 Å². The van der Waals surface area contributed by atoms with Crippen molar-refractivity contribution in [2.45, 2.75) is 25.9 Å². The van der Waals surface area contributed by atoms with E-state index in [1.807, 2.05) is 71.3 Å². The SMILES string of the molecule is Cc1cc(C2C=CSC2)cc2c1C(=O)N(Cc1ccc(Oc3ccccc3)cc1)C2. The first-order valence-corrected chi connectivity index (χ1v) is 11.2. The minimum absolute atomic E-state index is 0.134. The number of benzene rings is 3. The Balaban J connectivity index is 1.30. The molecule has 3 aromatic carbocycles. The Kier molecular flexibility index (Phi) is 5.09. The fourth-order valence-electron chi connectivity index (χ4n) is 4.18. The van der Waals surface area contributed by atoms with Crippen LogP contribution in [0.4, 0.5) is 0 Å². The Bertz CT molecular complexity index is 1110. The van der Waals surface area contributed by atoms with Gasteiger partial charge in [0.2, 0.25) is 0 Å². The van der Waals surface area contributed by atoms with Crippen molar-refractivity contribution in [3.63, 3.8) is 0 Å². The van der Waals surface area contributed by atoms with E-state index in [1.54, 1.807) is 0 Å². The quantitative estimate of drug-likeness (QED) is 0.492. The summed E-state index contributed by atoms with van der Waals surface area (Å²) in [6.45, 7) is 3.34. The van der Waals surface area contributed by atoms with Crippen molar-refractivity contribution in [2.75, 3.05) is 5.75 Å². The van der Waals surface area contributed by atoms with E-state index in [0.717, 1.165) is 39.5 Å². The number of hydrogen-bond donors (Lipinski definition) is 0. The summed E-state index contributed by atoms with van der Waals surface area (Å²) in [5.74, 6) is 3.30. The van der Waals surface area contributed by atoms with Crippen molar-refractivity contribution in [3.8, 4) is 11.5 Å². The molecule has 0 saturated heterocycles. The second-order valence-electron chi connectivity index (χ2n) is 7.86. The number of fused-ring (bicyclic) bond motifs is 1. The van der Waals surface area contributed by atoms with Crippen molar-refractivity contribution in [3.05, 3.63) is 106 Å². The lowest BCUT2D eigenvalue weighted by Gasteiger charge is -2.16. The molecule has 1 atom stereocenters. The molecule has 0 fully saturated rings. The van der Waals surface area contributed by atoms with Gasteiger partial charge in [-0.15, -0.1) is 11.8 Å². The summed E-state index contributed by atoms with van der Waals surface area (Å²) in [5, 5.41) is 2.18. The molecule has 0 radical (unpaired) electrons. The normalized spacial score (nSPS) is 17.4. The van der Waals surface area contributed by atoms with Gasteiger partial charge in [0, 0.05) is 30.3 Å². The zero-order valence-electron chi connectivity index (χ0n) is 16.9. The van der Waals surface area contributed by atoms with Crippen molar-refractivity contribution in [2.24, 2.45) is 0 Å². The fraction of sp³-hybridized carbons (Fsp3) is 0.192. The molecule has 0 aromatic heterocycles. The molecule has 0 saturated carbocycles. The lowest BCUT2D eigenvalue weighted by Crippen LogP contribution is -2.23. The Morgan fingerprint density at radius 2 is 1.80 bits per heavy atom. The van der Waals surface area contributed by atoms with Gasteiger partial charge in [0.25, 0.3) is 5.91 Å². The van der Waals surface area contributed by atoms with Crippen molar-refractivity contribution in [1.82, 2.24) is 4.90 Å². The van der Waals surface area contributed by atoms with Crippen molar-refractivity contribution in [1.29, 1.82) is 0 Å². The third-order valence-electron chi connectivity index (χ3n) is 5.69. The second kappa shape index (κ2) is 8.04. The Labute approximate surface area is 181 Å². The molecule has 0 bridgehead atoms. The molecule has 0 spiro atoms. The van der Waals surface area contributed by atoms with E-state index in [2.05, 4.69) is 30.5 Å². The first-order chi connectivity index (χ1) is 14.7. The third-order valence-corrected chi connectivity index (χ3v) is 6.59. The highest BCUT2D eigenvalue weighted by atomic mass is 32.2. The topological polar surface area (TPSA) is 29.5 Å². The largest absolute Gasteiger partial charge is 0.457 e. The van der Waals surface area contributed by atoms with Gasteiger partial charge in [0.05, 0.1) is 0 Å². The summed E-state index contributed by atoms with van der Waals surface area (Å²) >= 11 is 1.85. The number of ether oxygens (including phenoxy) is 1. The van der Waals surface area contributed by atoms with Crippen LogP contribution in [0.25, 0.3) is 0 Å². The lowest BCUT2D eigenvalue weighted by molar-refractivity contribution is 0.0766. The smallest absolute Gasteiger partial charge is 0.255 e. The number of aryl methyl sites for hydroxylation is 1. The average molecular weight is 414 g/mol. The lowest BCUT2D eigenvalue weighted by atomic mass is 9.94. The number of amides is 1. The predicted octanol–water partition coefficient (Wildman–Crippen LogP) is 6.29. The first-order valence-electron chi connectivity index (χ1n) is 10.2. The van der Waals surface area contributed by atoms with Crippen molar-refractivity contribution >= 4 is 17.7 Å². The van der Waals surface area contributed by atoms with E-state index < -0.39 is 0 Å². The highest BCUT2D eigenvalue weighted by molar-refractivity contribution is 8.02. The Morgan fingerprint density at radius 3 is 2.53 bits per heavy atom. The minimum atomic E-state index is 0.134. The summed E-state index contributed by atoms with van der Waals surface area (Å²) < 4.78 is 5.86. The fourth-order valence-corrected chi connectivity index (χ4v) is 5.10. The Morgan fingerprint density at radius 1 is 1.03 bits per heavy atom.